The van der Waals surface area contributed by atoms with E-state index < -0.39 is 23.6 Å². The molecule has 3 atom stereocenters. The molecule has 2 aromatic heterocycles. The molecule has 0 aromatic carbocycles. The number of β-amino-alcohol motifs (C(OH)–C–C–N with tert-alkyl or cyclic N) is 1. The van der Waals surface area contributed by atoms with E-state index in [4.69, 9.17) is 0 Å². The Balaban J connectivity index is 1.69. The second-order valence-electron chi connectivity index (χ2n) is 9.97. The molecule has 32 heavy (non-hydrogen) atoms. The maximum absolute atomic E-state index is 13.7. The highest BCUT2D eigenvalue weighted by molar-refractivity contribution is 5.90. The maximum atomic E-state index is 13.7. The first-order valence-corrected chi connectivity index (χ1v) is 11.3. The molecule has 2 amide bonds. The molecule has 3 heterocycles. The summed E-state index contributed by atoms with van der Waals surface area (Å²) in [6.07, 6.45) is 5.51. The molecule has 0 bridgehead atoms. The standard InChI is InChI=1S/C22H33N7O3/c1-22(2,3)19(21(32)28-11-13(30)10-17(28)20(31)23-4)29-12-16(24-26-29)18-14-8-6-7-9-15(14)25-27(18)5/h12-13,17,19,30H,6-11H2,1-5H3,(H,23,31)/t13?,17?,19-/m1/s1. The summed E-state index contributed by atoms with van der Waals surface area (Å²) in [6, 6.07) is -1.37. The molecule has 174 valence electrons. The molecule has 0 radical (unpaired) electrons. The summed E-state index contributed by atoms with van der Waals surface area (Å²) in [7, 11) is 3.45. The number of hydrogen-bond donors (Lipinski definition) is 2. The Hall–Kier alpha value is -2.75. The fraction of sp³-hybridized carbons (Fsp3) is 0.682. The third-order valence-corrected chi connectivity index (χ3v) is 6.50. The number of rotatable bonds is 4. The lowest BCUT2D eigenvalue weighted by Gasteiger charge is -2.34. The average Bonchev–Trinajstić information content (AvgIpc) is 3.42. The lowest BCUT2D eigenvalue weighted by molar-refractivity contribution is -0.144. The zero-order valence-electron chi connectivity index (χ0n) is 19.5. The Kier molecular flexibility index (Phi) is 5.83. The van der Waals surface area contributed by atoms with Crippen molar-refractivity contribution in [3.63, 3.8) is 0 Å². The smallest absolute Gasteiger partial charge is 0.248 e. The molecular weight excluding hydrogens is 410 g/mol. The van der Waals surface area contributed by atoms with Gasteiger partial charge in [0.15, 0.2) is 0 Å². The number of aliphatic hydroxyl groups is 1. The highest BCUT2D eigenvalue weighted by atomic mass is 16.3. The van der Waals surface area contributed by atoms with Gasteiger partial charge in [-0.25, -0.2) is 4.68 Å². The van der Waals surface area contributed by atoms with E-state index in [9.17, 15) is 14.7 Å². The molecule has 2 aromatic rings. The molecule has 4 rings (SSSR count). The molecule has 1 fully saturated rings. The van der Waals surface area contributed by atoms with Crippen molar-refractivity contribution < 1.29 is 14.7 Å². The van der Waals surface area contributed by atoms with Crippen LogP contribution in [0.4, 0.5) is 0 Å². The van der Waals surface area contributed by atoms with Gasteiger partial charge in [0.2, 0.25) is 11.8 Å². The van der Waals surface area contributed by atoms with Crippen LogP contribution >= 0.6 is 0 Å². The summed E-state index contributed by atoms with van der Waals surface area (Å²) < 4.78 is 3.46. The second-order valence-corrected chi connectivity index (χ2v) is 9.97. The zero-order chi connectivity index (χ0) is 23.2. The summed E-state index contributed by atoms with van der Waals surface area (Å²) in [6.45, 7) is 6.01. The number of carbonyl (C=O) groups is 2. The summed E-state index contributed by atoms with van der Waals surface area (Å²) in [5.41, 5.74) is 3.48. The molecular formula is C22H33N7O3. The van der Waals surface area contributed by atoms with Crippen molar-refractivity contribution in [3.05, 3.63) is 17.5 Å². The molecule has 1 aliphatic heterocycles. The third kappa shape index (κ3) is 3.92. The van der Waals surface area contributed by atoms with Gasteiger partial charge in [-0.1, -0.05) is 26.0 Å². The topological polar surface area (TPSA) is 118 Å². The van der Waals surface area contributed by atoms with Crippen molar-refractivity contribution in [1.82, 2.24) is 35.0 Å². The molecule has 2 aliphatic rings. The molecule has 10 nitrogen and oxygen atoms in total. The minimum Gasteiger partial charge on any atom is -0.391 e. The van der Waals surface area contributed by atoms with Crippen LogP contribution in [-0.2, 0) is 29.5 Å². The fourth-order valence-corrected chi connectivity index (χ4v) is 5.02. The highest BCUT2D eigenvalue weighted by Crippen LogP contribution is 2.36. The number of nitrogens with one attached hydrogen (secondary N) is 1. The maximum Gasteiger partial charge on any atom is 0.248 e. The van der Waals surface area contributed by atoms with Crippen LogP contribution < -0.4 is 5.32 Å². The number of aliphatic hydroxyl groups excluding tert-OH is 1. The van der Waals surface area contributed by atoms with Crippen molar-refractivity contribution in [2.45, 2.75) is 71.1 Å². The average molecular weight is 444 g/mol. The van der Waals surface area contributed by atoms with E-state index in [2.05, 4.69) is 20.7 Å². The first-order chi connectivity index (χ1) is 15.1. The molecule has 1 saturated heterocycles. The van der Waals surface area contributed by atoms with Crippen LogP contribution in [0.25, 0.3) is 11.4 Å². The van der Waals surface area contributed by atoms with Crippen LogP contribution in [0.5, 0.6) is 0 Å². The van der Waals surface area contributed by atoms with Crippen LogP contribution in [0.15, 0.2) is 6.20 Å². The minimum atomic E-state index is -0.728. The number of carbonyl (C=O) groups excluding carboxylic acids is 2. The Morgan fingerprint density at radius 1 is 1.25 bits per heavy atom. The number of likely N-dealkylation sites (tertiary alicyclic amines) is 1. The summed E-state index contributed by atoms with van der Waals surface area (Å²) in [4.78, 5) is 27.5. The Morgan fingerprint density at radius 3 is 2.66 bits per heavy atom. The van der Waals surface area contributed by atoms with E-state index >= 15 is 0 Å². The quantitative estimate of drug-likeness (QED) is 0.723. The molecule has 2 unspecified atom stereocenters. The number of aryl methyl sites for hydroxylation is 2. The number of fused-ring (bicyclic) bond motifs is 1. The van der Waals surface area contributed by atoms with Crippen LogP contribution in [0.2, 0.25) is 0 Å². The van der Waals surface area contributed by atoms with E-state index in [-0.39, 0.29) is 24.8 Å². The number of hydrogen-bond acceptors (Lipinski definition) is 6. The Labute approximate surface area is 188 Å². The molecule has 0 saturated carbocycles. The SMILES string of the molecule is CNC(=O)C1CC(O)CN1C(=O)[C@@H](n1cc(-c2c3c(nn2C)CCCC3)nn1)C(C)(C)C. The highest BCUT2D eigenvalue weighted by Gasteiger charge is 2.45. The Morgan fingerprint density at radius 2 is 1.97 bits per heavy atom. The minimum absolute atomic E-state index is 0.125. The van der Waals surface area contributed by atoms with Gasteiger partial charge in [0.05, 0.1) is 23.7 Å². The van der Waals surface area contributed by atoms with Crippen LogP contribution in [0.3, 0.4) is 0 Å². The zero-order valence-corrected chi connectivity index (χ0v) is 19.5. The van der Waals surface area contributed by atoms with Crippen molar-refractivity contribution in [3.8, 4) is 11.4 Å². The molecule has 2 N–H and O–H groups in total. The Bertz CT molecular complexity index is 1020. The lowest BCUT2D eigenvalue weighted by atomic mass is 9.85. The van der Waals surface area contributed by atoms with Gasteiger partial charge < -0.3 is 15.3 Å². The van der Waals surface area contributed by atoms with Crippen LogP contribution in [0.1, 0.15) is 57.3 Å². The van der Waals surface area contributed by atoms with Gasteiger partial charge >= 0.3 is 0 Å². The second kappa shape index (κ2) is 8.31. The van der Waals surface area contributed by atoms with Crippen molar-refractivity contribution >= 4 is 11.8 Å². The van der Waals surface area contributed by atoms with Gasteiger partial charge in [0.25, 0.3) is 0 Å². The predicted molar refractivity (Wildman–Crippen MR) is 118 cm³/mol. The van der Waals surface area contributed by atoms with Gasteiger partial charge in [0.1, 0.15) is 17.8 Å². The molecule has 10 heteroatoms. The van der Waals surface area contributed by atoms with E-state index in [1.807, 2.05) is 32.5 Å². The normalized spacial score (nSPS) is 22.0. The van der Waals surface area contributed by atoms with Crippen LogP contribution in [-0.4, -0.2) is 72.3 Å². The van der Waals surface area contributed by atoms with E-state index in [0.29, 0.717) is 5.69 Å². The summed E-state index contributed by atoms with van der Waals surface area (Å²) >= 11 is 0. The van der Waals surface area contributed by atoms with Crippen LogP contribution in [0, 0.1) is 5.41 Å². The fourth-order valence-electron chi connectivity index (χ4n) is 5.02. The summed E-state index contributed by atoms with van der Waals surface area (Å²) in [5, 5.41) is 26.2. The molecule has 1 aliphatic carbocycles. The predicted octanol–water partition coefficient (Wildman–Crippen LogP) is 0.852. The van der Waals surface area contributed by atoms with Crippen molar-refractivity contribution in [2.24, 2.45) is 12.5 Å². The number of nitrogens with zero attached hydrogens (tertiary/aromatic N) is 6. The largest absolute Gasteiger partial charge is 0.391 e. The van der Waals surface area contributed by atoms with E-state index in [1.165, 1.54) is 17.5 Å². The van der Waals surface area contributed by atoms with Crippen molar-refractivity contribution in [2.75, 3.05) is 13.6 Å². The van der Waals surface area contributed by atoms with Gasteiger partial charge in [-0.3, -0.25) is 14.3 Å². The van der Waals surface area contributed by atoms with Gasteiger partial charge in [0, 0.05) is 32.6 Å². The first kappa shape index (κ1) is 22.4. The molecule has 0 spiro atoms. The van der Waals surface area contributed by atoms with Crippen molar-refractivity contribution in [1.29, 1.82) is 0 Å². The third-order valence-electron chi connectivity index (χ3n) is 6.50. The van der Waals surface area contributed by atoms with Gasteiger partial charge in [-0.05, 0) is 31.1 Å². The monoisotopic (exact) mass is 443 g/mol. The van der Waals surface area contributed by atoms with E-state index in [1.54, 1.807) is 10.9 Å². The van der Waals surface area contributed by atoms with Gasteiger partial charge in [-0.2, -0.15) is 5.10 Å². The number of likely N-dealkylation sites (N-methyl/N-ethyl adjacent to an activating group) is 1. The van der Waals surface area contributed by atoms with Gasteiger partial charge in [-0.15, -0.1) is 5.10 Å². The number of amides is 2. The van der Waals surface area contributed by atoms with E-state index in [0.717, 1.165) is 37.1 Å². The lowest BCUT2D eigenvalue weighted by Crippen LogP contribution is -2.49. The number of aromatic nitrogens is 5. The first-order valence-electron chi connectivity index (χ1n) is 11.3. The summed E-state index contributed by atoms with van der Waals surface area (Å²) in [5.74, 6) is -0.519.